The van der Waals surface area contributed by atoms with E-state index in [1.54, 1.807) is 0 Å². The van der Waals surface area contributed by atoms with E-state index in [1.807, 2.05) is 6.92 Å². The Morgan fingerprint density at radius 2 is 1.26 bits per heavy atom. The predicted octanol–water partition coefficient (Wildman–Crippen LogP) is 11.2. The van der Waals surface area contributed by atoms with Crippen LogP contribution in [0, 0.1) is 10.8 Å². The van der Waals surface area contributed by atoms with Gasteiger partial charge < -0.3 is 10.2 Å². The first kappa shape index (κ1) is 38.1. The van der Waals surface area contributed by atoms with Gasteiger partial charge in [-0.15, -0.1) is 0 Å². The van der Waals surface area contributed by atoms with Crippen LogP contribution in [0.15, 0.2) is 130 Å². The van der Waals surface area contributed by atoms with Crippen LogP contribution in [0.4, 0.5) is 0 Å². The maximum absolute atomic E-state index is 10.1. The minimum atomic E-state index is -0.323. The lowest BCUT2D eigenvalue weighted by atomic mass is 9.71. The van der Waals surface area contributed by atoms with Crippen molar-refractivity contribution in [3.05, 3.63) is 130 Å². The Bertz CT molecular complexity index is 1270. The molecule has 0 aromatic carbocycles. The van der Waals surface area contributed by atoms with Crippen LogP contribution in [-0.4, -0.2) is 22.4 Å². The maximum Gasteiger partial charge on any atom is 0.0585 e. The molecule has 0 bridgehead atoms. The van der Waals surface area contributed by atoms with Gasteiger partial charge in [0.2, 0.25) is 0 Å². The average molecular weight is 585 g/mol. The molecule has 0 spiro atoms. The van der Waals surface area contributed by atoms with Gasteiger partial charge in [-0.2, -0.15) is 0 Å². The van der Waals surface area contributed by atoms with Crippen molar-refractivity contribution in [2.75, 3.05) is 0 Å². The molecule has 0 aliphatic heterocycles. The molecular weight excluding hydrogens is 524 g/mol. The largest absolute Gasteiger partial charge is 0.393 e. The van der Waals surface area contributed by atoms with Crippen LogP contribution in [0.25, 0.3) is 0 Å². The van der Waals surface area contributed by atoms with Gasteiger partial charge in [-0.1, -0.05) is 146 Å². The van der Waals surface area contributed by atoms with E-state index in [2.05, 4.69) is 161 Å². The Kier molecular flexibility index (Phi) is 15.9. The summed E-state index contributed by atoms with van der Waals surface area (Å²) in [5.41, 5.74) is 9.87. The second-order valence-electron chi connectivity index (χ2n) is 13.9. The molecule has 43 heavy (non-hydrogen) atoms. The first-order valence-electron chi connectivity index (χ1n) is 15.8. The number of hydrogen-bond acceptors (Lipinski definition) is 2. The zero-order valence-electron chi connectivity index (χ0n) is 29.3. The second kappa shape index (κ2) is 18.0. The summed E-state index contributed by atoms with van der Waals surface area (Å²) in [6.07, 6.45) is 31.6. The molecule has 0 radical (unpaired) electrons. The Hall–Kier alpha value is -2.94. The highest BCUT2D eigenvalue weighted by atomic mass is 16.3. The first-order chi connectivity index (χ1) is 19.9. The van der Waals surface area contributed by atoms with E-state index in [4.69, 9.17) is 0 Å². The van der Waals surface area contributed by atoms with Crippen LogP contribution in [0.5, 0.6) is 0 Å². The number of hydrogen-bond donors (Lipinski definition) is 2. The lowest BCUT2D eigenvalue weighted by molar-refractivity contribution is 0.116. The van der Waals surface area contributed by atoms with Crippen molar-refractivity contribution in [3.8, 4) is 0 Å². The molecule has 2 N–H and O–H groups in total. The summed E-state index contributed by atoms with van der Waals surface area (Å²) in [5, 5.41) is 20.0. The zero-order valence-corrected chi connectivity index (χ0v) is 29.3. The molecule has 0 heterocycles. The van der Waals surface area contributed by atoms with E-state index in [1.165, 1.54) is 44.6 Å². The maximum atomic E-state index is 10.1. The van der Waals surface area contributed by atoms with Crippen LogP contribution in [0.2, 0.25) is 0 Å². The molecule has 236 valence electrons. The van der Waals surface area contributed by atoms with Crippen LogP contribution < -0.4 is 0 Å². The Balaban J connectivity index is 2.74. The topological polar surface area (TPSA) is 40.5 Å². The lowest BCUT2D eigenvalue weighted by Crippen LogP contribution is -2.28. The van der Waals surface area contributed by atoms with Gasteiger partial charge in [0, 0.05) is 0 Å². The number of aliphatic hydroxyl groups is 2. The minimum absolute atomic E-state index is 0.00332. The highest BCUT2D eigenvalue weighted by molar-refractivity contribution is 5.38. The van der Waals surface area contributed by atoms with Gasteiger partial charge in [-0.05, 0) is 96.6 Å². The molecule has 1 aliphatic rings. The highest BCUT2D eigenvalue weighted by Gasteiger charge is 2.31. The van der Waals surface area contributed by atoms with E-state index < -0.39 is 0 Å². The van der Waals surface area contributed by atoms with Crippen LogP contribution in [-0.2, 0) is 0 Å². The molecule has 2 nitrogen and oxygen atoms in total. The molecule has 0 amide bonds. The van der Waals surface area contributed by atoms with Gasteiger partial charge in [0.1, 0.15) is 0 Å². The quantitative estimate of drug-likeness (QED) is 0.211. The Labute approximate surface area is 264 Å². The fourth-order valence-electron chi connectivity index (χ4n) is 5.87. The first-order valence-corrected chi connectivity index (χ1v) is 15.8. The molecule has 0 saturated carbocycles. The van der Waals surface area contributed by atoms with E-state index in [-0.39, 0.29) is 23.0 Å². The molecule has 0 unspecified atom stereocenters. The molecule has 0 aromatic rings. The summed E-state index contributed by atoms with van der Waals surface area (Å²) in [5.74, 6) is 0. The smallest absolute Gasteiger partial charge is 0.0585 e. The van der Waals surface area contributed by atoms with Gasteiger partial charge >= 0.3 is 0 Å². The van der Waals surface area contributed by atoms with Crippen molar-refractivity contribution < 1.29 is 10.2 Å². The summed E-state index contributed by atoms with van der Waals surface area (Å²) < 4.78 is 0. The van der Waals surface area contributed by atoms with Crippen molar-refractivity contribution in [1.29, 1.82) is 0 Å². The fourth-order valence-corrected chi connectivity index (χ4v) is 5.87. The molecule has 1 rings (SSSR count). The third-order valence-corrected chi connectivity index (χ3v) is 7.84. The standard InChI is InChI=1S/C41H60O2/c1-30(2)38(40(9,10)28-36(8)42)25-23-33(5)21-15-19-31(3)17-13-14-18-32(4)20-16-22-34(6)24-26-39-35(7)27-37(43)29-41(39,11)12/h13-26,36-37,42-43H,27-29H2,1-12H3/b14-13+,19-15+,20-16+,25-23+,26-24+,31-17+,32-18+,33-21+,34-22+/t36-,37-/m1/s1. The molecule has 0 saturated heterocycles. The normalized spacial score (nSPS) is 20.6. The van der Waals surface area contributed by atoms with E-state index in [9.17, 15) is 10.2 Å². The van der Waals surface area contributed by atoms with Gasteiger partial charge in [0.25, 0.3) is 0 Å². The van der Waals surface area contributed by atoms with Crippen molar-refractivity contribution >= 4 is 0 Å². The summed E-state index contributed by atoms with van der Waals surface area (Å²) >= 11 is 0. The highest BCUT2D eigenvalue weighted by Crippen LogP contribution is 2.41. The molecule has 0 aromatic heterocycles. The molecule has 0 fully saturated rings. The Morgan fingerprint density at radius 1 is 0.791 bits per heavy atom. The van der Waals surface area contributed by atoms with Crippen molar-refractivity contribution in [3.63, 3.8) is 0 Å². The zero-order chi connectivity index (χ0) is 32.8. The van der Waals surface area contributed by atoms with Crippen molar-refractivity contribution in [1.82, 2.24) is 0 Å². The van der Waals surface area contributed by atoms with E-state index in [0.717, 1.165) is 19.3 Å². The van der Waals surface area contributed by atoms with Crippen LogP contribution in [0.3, 0.4) is 0 Å². The fraction of sp³-hybridized carbons (Fsp3) is 0.463. The summed E-state index contributed by atoms with van der Waals surface area (Å²) in [4.78, 5) is 0. The molecule has 2 atom stereocenters. The summed E-state index contributed by atoms with van der Waals surface area (Å²) in [6, 6.07) is 0. The second-order valence-corrected chi connectivity index (χ2v) is 13.9. The lowest BCUT2D eigenvalue weighted by Gasteiger charge is -2.35. The third kappa shape index (κ3) is 14.9. The third-order valence-electron chi connectivity index (χ3n) is 7.84. The van der Waals surface area contributed by atoms with Crippen molar-refractivity contribution in [2.45, 2.75) is 115 Å². The van der Waals surface area contributed by atoms with Gasteiger partial charge in [-0.3, -0.25) is 0 Å². The van der Waals surface area contributed by atoms with Gasteiger partial charge in [-0.25, -0.2) is 0 Å². The number of aliphatic hydroxyl groups excluding tert-OH is 2. The van der Waals surface area contributed by atoms with E-state index in [0.29, 0.717) is 0 Å². The van der Waals surface area contributed by atoms with Crippen LogP contribution in [0.1, 0.15) is 102 Å². The molecule has 1 aliphatic carbocycles. The van der Waals surface area contributed by atoms with Crippen LogP contribution >= 0.6 is 0 Å². The Morgan fingerprint density at radius 3 is 1.72 bits per heavy atom. The SMILES string of the molecule is CC(C)=C(/C=C/C(C)=C/C=C/C(C)=C/C=C/C=C(C)/C=C/C=C(C)/C=C/C1=C(C)C[C@@H](O)CC1(C)C)C(C)(C)C[C@@H](C)O. The predicted molar refractivity (Wildman–Crippen MR) is 191 cm³/mol. The van der Waals surface area contributed by atoms with Gasteiger partial charge in [0.15, 0.2) is 0 Å². The van der Waals surface area contributed by atoms with Gasteiger partial charge in [0.05, 0.1) is 12.2 Å². The summed E-state index contributed by atoms with van der Waals surface area (Å²) in [7, 11) is 0. The number of allylic oxidation sites excluding steroid dienone is 21. The monoisotopic (exact) mass is 584 g/mol. The minimum Gasteiger partial charge on any atom is -0.393 e. The van der Waals surface area contributed by atoms with Crippen molar-refractivity contribution in [2.24, 2.45) is 10.8 Å². The molecule has 2 heteroatoms. The average Bonchev–Trinajstić information content (AvgIpc) is 2.84. The molecular formula is C41H60O2. The number of rotatable bonds is 13. The summed E-state index contributed by atoms with van der Waals surface area (Å²) in [6.45, 7) is 25.5. The van der Waals surface area contributed by atoms with E-state index >= 15 is 0 Å².